The van der Waals surface area contributed by atoms with E-state index in [0.717, 1.165) is 55.8 Å². The van der Waals surface area contributed by atoms with Crippen molar-refractivity contribution in [3.8, 4) is 0 Å². The number of imidazole rings is 1. The first-order chi connectivity index (χ1) is 16.9. The lowest BCUT2D eigenvalue weighted by Crippen LogP contribution is -2.41. The van der Waals surface area contributed by atoms with Crippen LogP contribution in [0.3, 0.4) is 0 Å². The summed E-state index contributed by atoms with van der Waals surface area (Å²) < 4.78 is 25.1. The topological polar surface area (TPSA) is 123 Å². The Morgan fingerprint density at radius 2 is 1.83 bits per heavy atom. The van der Waals surface area contributed by atoms with Gasteiger partial charge in [0.15, 0.2) is 5.82 Å². The highest BCUT2D eigenvalue weighted by molar-refractivity contribution is 7.89. The maximum Gasteiger partial charge on any atom is 0.238 e. The van der Waals surface area contributed by atoms with Crippen molar-refractivity contribution in [3.63, 3.8) is 0 Å². The first-order valence-corrected chi connectivity index (χ1v) is 13.9. The van der Waals surface area contributed by atoms with Gasteiger partial charge in [0.25, 0.3) is 0 Å². The molecule has 2 aliphatic heterocycles. The maximum absolute atomic E-state index is 12.7. The SMILES string of the molecule is NS(=O)(=O)c1ccc(CCNC(=O)C2CCN(c3nccc4c3nc3n4CCCCC3)CC2)cc1. The van der Waals surface area contributed by atoms with Crippen molar-refractivity contribution in [1.82, 2.24) is 19.9 Å². The molecular formula is C25H32N6O3S. The Labute approximate surface area is 205 Å². The van der Waals surface area contributed by atoms with Gasteiger partial charge in [0, 0.05) is 44.7 Å². The summed E-state index contributed by atoms with van der Waals surface area (Å²) in [6.07, 6.45) is 8.72. The minimum absolute atomic E-state index is 0.0195. The van der Waals surface area contributed by atoms with Gasteiger partial charge < -0.3 is 14.8 Å². The molecule has 10 heteroatoms. The average Bonchev–Trinajstić information content (AvgIpc) is 3.04. The second-order valence-corrected chi connectivity index (χ2v) is 11.0. The number of fused-ring (bicyclic) bond motifs is 3. The molecule has 0 radical (unpaired) electrons. The number of hydrogen-bond donors (Lipinski definition) is 2. The molecule has 0 unspecified atom stereocenters. The molecule has 0 saturated carbocycles. The number of nitrogens with zero attached hydrogens (tertiary/aromatic N) is 4. The lowest BCUT2D eigenvalue weighted by molar-refractivity contribution is -0.125. The minimum atomic E-state index is -3.69. The van der Waals surface area contributed by atoms with Crippen molar-refractivity contribution in [2.24, 2.45) is 11.1 Å². The van der Waals surface area contributed by atoms with Gasteiger partial charge in [0.05, 0.1) is 10.4 Å². The first-order valence-electron chi connectivity index (χ1n) is 12.4. The number of amides is 1. The molecule has 186 valence electrons. The summed E-state index contributed by atoms with van der Waals surface area (Å²) in [5, 5.41) is 8.17. The maximum atomic E-state index is 12.7. The lowest BCUT2D eigenvalue weighted by atomic mass is 9.95. The lowest BCUT2D eigenvalue weighted by Gasteiger charge is -2.32. The molecule has 2 aromatic heterocycles. The Bertz CT molecular complexity index is 1310. The van der Waals surface area contributed by atoms with E-state index in [0.29, 0.717) is 13.0 Å². The number of primary sulfonamides is 1. The van der Waals surface area contributed by atoms with E-state index in [9.17, 15) is 13.2 Å². The first kappa shape index (κ1) is 23.7. The standard InChI is InChI=1S/C25H32N6O3S/c26-35(33,34)20-7-5-18(6-8-20)9-13-28-25(32)19-11-16-30(17-12-19)24-23-21(10-14-27-24)31-15-3-1-2-4-22(31)29-23/h5-8,10,14,19H,1-4,9,11-13,15-17H2,(H,28,32)(H2,26,33,34). The summed E-state index contributed by atoms with van der Waals surface area (Å²) in [4.78, 5) is 24.7. The molecule has 0 aliphatic carbocycles. The summed E-state index contributed by atoms with van der Waals surface area (Å²) in [6, 6.07) is 8.52. The third kappa shape index (κ3) is 5.18. The zero-order valence-electron chi connectivity index (χ0n) is 19.8. The predicted molar refractivity (Wildman–Crippen MR) is 135 cm³/mol. The fourth-order valence-electron chi connectivity index (χ4n) is 5.16. The number of aromatic nitrogens is 3. The number of carbonyl (C=O) groups excluding carboxylic acids is 1. The highest BCUT2D eigenvalue weighted by Gasteiger charge is 2.27. The summed E-state index contributed by atoms with van der Waals surface area (Å²) in [7, 11) is -3.69. The number of anilines is 1. The highest BCUT2D eigenvalue weighted by atomic mass is 32.2. The van der Waals surface area contributed by atoms with Crippen LogP contribution in [0.1, 0.15) is 43.5 Å². The number of nitrogens with two attached hydrogens (primary N) is 1. The third-order valence-electron chi connectivity index (χ3n) is 7.14. The fourth-order valence-corrected chi connectivity index (χ4v) is 5.68. The zero-order valence-corrected chi connectivity index (χ0v) is 20.6. The van der Waals surface area contributed by atoms with Crippen molar-refractivity contribution < 1.29 is 13.2 Å². The van der Waals surface area contributed by atoms with Gasteiger partial charge in [-0.3, -0.25) is 4.79 Å². The molecule has 1 aromatic carbocycles. The highest BCUT2D eigenvalue weighted by Crippen LogP contribution is 2.30. The summed E-state index contributed by atoms with van der Waals surface area (Å²) in [6.45, 7) is 3.09. The molecule has 1 amide bonds. The molecule has 9 nitrogen and oxygen atoms in total. The Kier molecular flexibility index (Phi) is 6.75. The molecule has 0 spiro atoms. The smallest absolute Gasteiger partial charge is 0.238 e. The van der Waals surface area contributed by atoms with E-state index in [-0.39, 0.29) is 16.7 Å². The number of sulfonamides is 1. The quantitative estimate of drug-likeness (QED) is 0.540. The largest absolute Gasteiger partial charge is 0.356 e. The molecule has 35 heavy (non-hydrogen) atoms. The fraction of sp³-hybridized carbons (Fsp3) is 0.480. The second-order valence-electron chi connectivity index (χ2n) is 9.48. The van der Waals surface area contributed by atoms with E-state index in [1.54, 1.807) is 12.1 Å². The Hall–Kier alpha value is -2.98. The van der Waals surface area contributed by atoms with E-state index in [1.807, 2.05) is 6.20 Å². The molecule has 2 aliphatic rings. The van der Waals surface area contributed by atoms with E-state index in [1.165, 1.54) is 42.7 Å². The monoisotopic (exact) mass is 496 g/mol. The van der Waals surface area contributed by atoms with E-state index < -0.39 is 10.0 Å². The number of benzene rings is 1. The van der Waals surface area contributed by atoms with Crippen molar-refractivity contribution >= 4 is 32.8 Å². The Balaban J connectivity index is 1.16. The van der Waals surface area contributed by atoms with Gasteiger partial charge in [0.2, 0.25) is 15.9 Å². The molecule has 3 N–H and O–H groups in total. The number of aryl methyl sites for hydroxylation is 2. The number of piperidine rings is 1. The molecule has 4 heterocycles. The molecule has 3 aromatic rings. The molecule has 1 saturated heterocycles. The van der Waals surface area contributed by atoms with Crippen LogP contribution in [-0.2, 0) is 34.2 Å². The van der Waals surface area contributed by atoms with Gasteiger partial charge in [-0.1, -0.05) is 18.6 Å². The number of rotatable bonds is 6. The average molecular weight is 497 g/mol. The summed E-state index contributed by atoms with van der Waals surface area (Å²) >= 11 is 0. The van der Waals surface area contributed by atoms with Crippen LogP contribution in [0.5, 0.6) is 0 Å². The molecule has 0 atom stereocenters. The predicted octanol–water partition coefficient (Wildman–Crippen LogP) is 2.38. The van der Waals surface area contributed by atoms with Gasteiger partial charge in [0.1, 0.15) is 11.3 Å². The van der Waals surface area contributed by atoms with Crippen LogP contribution in [0.4, 0.5) is 5.82 Å². The molecule has 1 fully saturated rings. The van der Waals surface area contributed by atoms with Crippen molar-refractivity contribution in [3.05, 3.63) is 47.9 Å². The van der Waals surface area contributed by atoms with Crippen LogP contribution >= 0.6 is 0 Å². The summed E-state index contributed by atoms with van der Waals surface area (Å²) in [5.74, 6) is 2.16. The van der Waals surface area contributed by atoms with Crippen LogP contribution in [-0.4, -0.2) is 48.5 Å². The normalized spacial score (nSPS) is 17.2. The van der Waals surface area contributed by atoms with Crippen LogP contribution < -0.4 is 15.4 Å². The van der Waals surface area contributed by atoms with Crippen LogP contribution in [0, 0.1) is 5.92 Å². The number of carbonyl (C=O) groups is 1. The Morgan fingerprint density at radius 3 is 2.57 bits per heavy atom. The zero-order chi connectivity index (χ0) is 24.4. The Morgan fingerprint density at radius 1 is 1.06 bits per heavy atom. The second kappa shape index (κ2) is 9.94. The van der Waals surface area contributed by atoms with E-state index in [2.05, 4.69) is 25.8 Å². The van der Waals surface area contributed by atoms with Gasteiger partial charge in [-0.15, -0.1) is 0 Å². The number of nitrogens with one attached hydrogen (secondary N) is 1. The molecule has 5 rings (SSSR count). The molecular weight excluding hydrogens is 464 g/mol. The number of hydrogen-bond acceptors (Lipinski definition) is 6. The van der Waals surface area contributed by atoms with Crippen molar-refractivity contribution in [2.75, 3.05) is 24.5 Å². The van der Waals surface area contributed by atoms with Crippen molar-refractivity contribution in [2.45, 2.75) is 56.4 Å². The van der Waals surface area contributed by atoms with Crippen molar-refractivity contribution in [1.29, 1.82) is 0 Å². The van der Waals surface area contributed by atoms with Gasteiger partial charge >= 0.3 is 0 Å². The minimum Gasteiger partial charge on any atom is -0.356 e. The van der Waals surface area contributed by atoms with Gasteiger partial charge in [-0.05, 0) is 55.9 Å². The van der Waals surface area contributed by atoms with E-state index in [4.69, 9.17) is 10.1 Å². The van der Waals surface area contributed by atoms with Crippen LogP contribution in [0.25, 0.3) is 11.0 Å². The third-order valence-corrected chi connectivity index (χ3v) is 8.07. The van der Waals surface area contributed by atoms with Gasteiger partial charge in [-0.2, -0.15) is 0 Å². The van der Waals surface area contributed by atoms with E-state index >= 15 is 0 Å². The molecule has 0 bridgehead atoms. The number of pyridine rings is 1. The van der Waals surface area contributed by atoms with Gasteiger partial charge in [-0.25, -0.2) is 23.5 Å². The van der Waals surface area contributed by atoms with Crippen LogP contribution in [0.2, 0.25) is 0 Å². The summed E-state index contributed by atoms with van der Waals surface area (Å²) in [5.41, 5.74) is 3.11. The van der Waals surface area contributed by atoms with Crippen LogP contribution in [0.15, 0.2) is 41.4 Å².